The zero-order chi connectivity index (χ0) is 23.8. The maximum atomic E-state index is 13.8. The minimum absolute atomic E-state index is 0.138. The third-order valence-corrected chi connectivity index (χ3v) is 8.46. The Balaban J connectivity index is 1.79. The highest BCUT2D eigenvalue weighted by Crippen LogP contribution is 2.31. The molecule has 1 aliphatic heterocycles. The van der Waals surface area contributed by atoms with E-state index in [2.05, 4.69) is 10.2 Å². The maximum absolute atomic E-state index is 13.8. The molecule has 0 saturated carbocycles. The first-order chi connectivity index (χ1) is 15.9. The molecule has 2 aromatic rings. The molecule has 2 aromatic carbocycles. The highest BCUT2D eigenvalue weighted by molar-refractivity contribution is 7.99. The van der Waals surface area contributed by atoms with Crippen LogP contribution in [0.4, 0.5) is 15.8 Å². The molecule has 7 nitrogen and oxygen atoms in total. The van der Waals surface area contributed by atoms with Crippen LogP contribution in [0.5, 0.6) is 0 Å². The minimum atomic E-state index is -3.67. The van der Waals surface area contributed by atoms with Crippen molar-refractivity contribution >= 4 is 39.1 Å². The van der Waals surface area contributed by atoms with Gasteiger partial charge in [0.15, 0.2) is 0 Å². The number of benzene rings is 2. The smallest absolute Gasteiger partial charge is 0.243 e. The number of amides is 1. The van der Waals surface area contributed by atoms with Crippen LogP contribution in [-0.4, -0.2) is 63.8 Å². The van der Waals surface area contributed by atoms with Crippen molar-refractivity contribution in [2.24, 2.45) is 0 Å². The van der Waals surface area contributed by atoms with Gasteiger partial charge in [-0.2, -0.15) is 4.31 Å². The van der Waals surface area contributed by atoms with Gasteiger partial charge < -0.3 is 15.0 Å². The number of hydrogen-bond donors (Lipinski definition) is 1. The molecule has 0 aromatic heterocycles. The molecule has 0 radical (unpaired) electrons. The molecule has 1 saturated heterocycles. The first-order valence-corrected chi connectivity index (χ1v) is 13.4. The first kappa shape index (κ1) is 25.5. The standard InChI is InChI=1S/C23H30FN3O4S2/c1-3-27(4-2)33(29,30)18-9-10-21(26-12-14-31-15-13-26)20(17-18)25-23(28)11-16-32-22-8-6-5-7-19(22)24/h5-10,17H,3-4,11-16H2,1-2H3,(H,25,28). The van der Waals surface area contributed by atoms with Crippen LogP contribution in [0.1, 0.15) is 20.3 Å². The number of morpholine rings is 1. The Labute approximate surface area is 199 Å². The molecular formula is C23H30FN3O4S2. The van der Waals surface area contributed by atoms with Crippen LogP contribution >= 0.6 is 11.8 Å². The number of anilines is 2. The second-order valence-corrected chi connectivity index (χ2v) is 10.5. The largest absolute Gasteiger partial charge is 0.378 e. The van der Waals surface area contributed by atoms with E-state index in [0.717, 1.165) is 5.69 Å². The number of halogens is 1. The number of carbonyl (C=O) groups excluding carboxylic acids is 1. The Morgan fingerprint density at radius 1 is 1.15 bits per heavy atom. The lowest BCUT2D eigenvalue weighted by Gasteiger charge is -2.31. The highest BCUT2D eigenvalue weighted by Gasteiger charge is 2.24. The summed E-state index contributed by atoms with van der Waals surface area (Å²) in [7, 11) is -3.67. The Hall–Kier alpha value is -2.14. The van der Waals surface area contributed by atoms with Gasteiger partial charge >= 0.3 is 0 Å². The molecule has 180 valence electrons. The van der Waals surface area contributed by atoms with Crippen LogP contribution in [0.3, 0.4) is 0 Å². The Morgan fingerprint density at radius 2 is 1.85 bits per heavy atom. The van der Waals surface area contributed by atoms with E-state index in [1.807, 2.05) is 0 Å². The summed E-state index contributed by atoms with van der Waals surface area (Å²) in [6.45, 7) is 6.72. The van der Waals surface area contributed by atoms with Crippen LogP contribution in [-0.2, 0) is 19.6 Å². The van der Waals surface area contributed by atoms with E-state index in [-0.39, 0.29) is 23.0 Å². The summed E-state index contributed by atoms with van der Waals surface area (Å²) >= 11 is 1.27. The van der Waals surface area contributed by atoms with Gasteiger partial charge in [-0.25, -0.2) is 12.8 Å². The number of ether oxygens (including phenoxy) is 1. The lowest BCUT2D eigenvalue weighted by Crippen LogP contribution is -2.37. The van der Waals surface area contributed by atoms with Gasteiger partial charge in [-0.05, 0) is 30.3 Å². The summed E-state index contributed by atoms with van der Waals surface area (Å²) in [6, 6.07) is 11.3. The highest BCUT2D eigenvalue weighted by atomic mass is 32.2. The van der Waals surface area contributed by atoms with Crippen molar-refractivity contribution in [2.75, 3.05) is 55.4 Å². The first-order valence-electron chi connectivity index (χ1n) is 11.0. The molecule has 1 N–H and O–H groups in total. The second kappa shape index (κ2) is 11.8. The monoisotopic (exact) mass is 495 g/mol. The lowest BCUT2D eigenvalue weighted by atomic mass is 10.2. The van der Waals surface area contributed by atoms with Gasteiger partial charge in [-0.3, -0.25) is 4.79 Å². The Bertz CT molecular complexity index is 1060. The maximum Gasteiger partial charge on any atom is 0.243 e. The van der Waals surface area contributed by atoms with Gasteiger partial charge in [0.1, 0.15) is 5.82 Å². The molecule has 3 rings (SSSR count). The zero-order valence-electron chi connectivity index (χ0n) is 18.9. The predicted octanol–water partition coefficient (Wildman–Crippen LogP) is 3.81. The van der Waals surface area contributed by atoms with Gasteiger partial charge in [-0.15, -0.1) is 11.8 Å². The third kappa shape index (κ3) is 6.47. The number of nitrogens with zero attached hydrogens (tertiary/aromatic N) is 2. The fraction of sp³-hybridized carbons (Fsp3) is 0.435. The summed E-state index contributed by atoms with van der Waals surface area (Å²) in [6.07, 6.45) is 0.161. The Kier molecular flexibility index (Phi) is 9.13. The van der Waals surface area contributed by atoms with Gasteiger partial charge in [0.2, 0.25) is 15.9 Å². The van der Waals surface area contributed by atoms with E-state index in [9.17, 15) is 17.6 Å². The third-order valence-electron chi connectivity index (χ3n) is 5.36. The van der Waals surface area contributed by atoms with E-state index in [1.54, 1.807) is 44.2 Å². The van der Waals surface area contributed by atoms with Crippen molar-refractivity contribution in [1.82, 2.24) is 4.31 Å². The van der Waals surface area contributed by atoms with Crippen LogP contribution < -0.4 is 10.2 Å². The van der Waals surface area contributed by atoms with E-state index in [4.69, 9.17) is 4.74 Å². The molecule has 1 fully saturated rings. The average Bonchev–Trinajstić information content (AvgIpc) is 2.81. The zero-order valence-corrected chi connectivity index (χ0v) is 20.6. The van der Waals surface area contributed by atoms with Gasteiger partial charge in [0.05, 0.1) is 29.5 Å². The summed E-state index contributed by atoms with van der Waals surface area (Å²) < 4.78 is 46.6. The SMILES string of the molecule is CCN(CC)S(=O)(=O)c1ccc(N2CCOCC2)c(NC(=O)CCSc2ccccc2F)c1. The van der Waals surface area contributed by atoms with Crippen LogP contribution in [0.25, 0.3) is 0 Å². The number of hydrogen-bond acceptors (Lipinski definition) is 6. The molecule has 1 heterocycles. The normalized spacial score (nSPS) is 14.5. The van der Waals surface area contributed by atoms with Gasteiger partial charge in [0.25, 0.3) is 0 Å². The molecule has 0 unspecified atom stereocenters. The number of nitrogens with one attached hydrogen (secondary N) is 1. The van der Waals surface area contributed by atoms with Crippen molar-refractivity contribution in [3.63, 3.8) is 0 Å². The van der Waals surface area contributed by atoms with Crippen molar-refractivity contribution in [3.05, 3.63) is 48.3 Å². The number of carbonyl (C=O) groups is 1. The number of sulfonamides is 1. The van der Waals surface area contributed by atoms with Crippen LogP contribution in [0.2, 0.25) is 0 Å². The Morgan fingerprint density at radius 3 is 2.52 bits per heavy atom. The van der Waals surface area contributed by atoms with Crippen LogP contribution in [0, 0.1) is 5.82 Å². The molecule has 0 atom stereocenters. The predicted molar refractivity (Wildman–Crippen MR) is 130 cm³/mol. The van der Waals surface area contributed by atoms with E-state index < -0.39 is 10.0 Å². The molecule has 33 heavy (non-hydrogen) atoms. The van der Waals surface area contributed by atoms with Crippen molar-refractivity contribution in [2.45, 2.75) is 30.1 Å². The van der Waals surface area contributed by atoms with E-state index in [0.29, 0.717) is 55.7 Å². The fourth-order valence-electron chi connectivity index (χ4n) is 3.60. The molecule has 0 spiro atoms. The topological polar surface area (TPSA) is 79.0 Å². The molecule has 1 aliphatic rings. The average molecular weight is 496 g/mol. The van der Waals surface area contributed by atoms with Crippen molar-refractivity contribution in [1.29, 1.82) is 0 Å². The summed E-state index contributed by atoms with van der Waals surface area (Å²) in [5, 5.41) is 2.88. The van der Waals surface area contributed by atoms with Crippen molar-refractivity contribution < 1.29 is 22.3 Å². The molecule has 0 aliphatic carbocycles. The summed E-state index contributed by atoms with van der Waals surface area (Å²) in [4.78, 5) is 15.4. The van der Waals surface area contributed by atoms with E-state index in [1.165, 1.54) is 28.2 Å². The molecule has 10 heteroatoms. The molecular weight excluding hydrogens is 465 g/mol. The second-order valence-electron chi connectivity index (χ2n) is 7.44. The number of rotatable bonds is 10. The van der Waals surface area contributed by atoms with Gasteiger partial charge in [0, 0.05) is 43.2 Å². The minimum Gasteiger partial charge on any atom is -0.378 e. The fourth-order valence-corrected chi connectivity index (χ4v) is 5.97. The lowest BCUT2D eigenvalue weighted by molar-refractivity contribution is -0.115. The number of thioether (sulfide) groups is 1. The van der Waals surface area contributed by atoms with Gasteiger partial charge in [-0.1, -0.05) is 26.0 Å². The summed E-state index contributed by atoms with van der Waals surface area (Å²) in [5.74, 6) is -0.172. The quantitative estimate of drug-likeness (QED) is 0.505. The molecule has 1 amide bonds. The van der Waals surface area contributed by atoms with E-state index >= 15 is 0 Å². The van der Waals surface area contributed by atoms with Crippen LogP contribution in [0.15, 0.2) is 52.3 Å². The summed E-state index contributed by atoms with van der Waals surface area (Å²) in [5.41, 5.74) is 1.21. The van der Waals surface area contributed by atoms with Crippen molar-refractivity contribution in [3.8, 4) is 0 Å². The molecule has 0 bridgehead atoms.